The van der Waals surface area contributed by atoms with Gasteiger partial charge >= 0.3 is 0 Å². The Kier molecular flexibility index (Phi) is 3.63. The first-order chi connectivity index (χ1) is 10.3. The zero-order valence-electron chi connectivity index (χ0n) is 11.2. The second-order valence-electron chi connectivity index (χ2n) is 4.70. The van der Waals surface area contributed by atoms with Crippen molar-refractivity contribution in [1.82, 2.24) is 8.96 Å². The summed E-state index contributed by atoms with van der Waals surface area (Å²) in [6.07, 6.45) is 1.27. The Morgan fingerprint density at radius 2 is 1.77 bits per heavy atom. The molecule has 0 saturated heterocycles. The highest BCUT2D eigenvalue weighted by atomic mass is 35.5. The van der Waals surface area contributed by atoms with E-state index in [1.54, 1.807) is 12.1 Å². The van der Waals surface area contributed by atoms with Gasteiger partial charge in [0.05, 0.1) is 9.92 Å². The molecule has 0 aliphatic rings. The molecule has 0 N–H and O–H groups in total. The van der Waals surface area contributed by atoms with Gasteiger partial charge in [-0.25, -0.2) is 21.8 Å². The average molecular weight is 359 g/mol. The summed E-state index contributed by atoms with van der Waals surface area (Å²) in [5.41, 5.74) is 0.916. The van der Waals surface area contributed by atoms with Gasteiger partial charge < -0.3 is 0 Å². The second-order valence-corrected chi connectivity index (χ2v) is 7.25. The third-order valence-electron chi connectivity index (χ3n) is 3.22. The molecule has 0 bridgehead atoms. The van der Waals surface area contributed by atoms with Gasteiger partial charge in [0.1, 0.15) is 0 Å². The largest absolute Gasteiger partial charge is 0.269 e. The molecule has 0 atom stereocenters. The Hall–Kier alpha value is -1.63. The van der Waals surface area contributed by atoms with Crippen molar-refractivity contribution < 1.29 is 12.8 Å². The Bertz CT molecular complexity index is 982. The summed E-state index contributed by atoms with van der Waals surface area (Å²) in [4.78, 5) is 3.89. The summed E-state index contributed by atoms with van der Waals surface area (Å²) < 4.78 is 39.9. The van der Waals surface area contributed by atoms with Gasteiger partial charge in [0.2, 0.25) is 0 Å². The minimum absolute atomic E-state index is 0.0167. The van der Waals surface area contributed by atoms with E-state index >= 15 is 0 Å². The molecule has 4 nitrogen and oxygen atoms in total. The van der Waals surface area contributed by atoms with Crippen LogP contribution in [0.25, 0.3) is 11.0 Å². The lowest BCUT2D eigenvalue weighted by Crippen LogP contribution is -2.12. The molecular weight excluding hydrogens is 350 g/mol. The van der Waals surface area contributed by atoms with Crippen LogP contribution in [0.1, 0.15) is 5.56 Å². The lowest BCUT2D eigenvalue weighted by molar-refractivity contribution is 0.588. The van der Waals surface area contributed by atoms with Crippen molar-refractivity contribution in [1.29, 1.82) is 0 Å². The molecule has 0 fully saturated rings. The number of hydrogen-bond acceptors (Lipinski definition) is 3. The zero-order valence-corrected chi connectivity index (χ0v) is 13.5. The van der Waals surface area contributed by atoms with Gasteiger partial charge in [-0.05, 0) is 25.1 Å². The molecule has 3 aromatic rings. The van der Waals surface area contributed by atoms with Crippen LogP contribution in [-0.2, 0) is 10.0 Å². The minimum atomic E-state index is -3.87. The van der Waals surface area contributed by atoms with Crippen LogP contribution in [0.2, 0.25) is 10.2 Å². The van der Waals surface area contributed by atoms with Crippen LogP contribution >= 0.6 is 23.2 Å². The van der Waals surface area contributed by atoms with Gasteiger partial charge in [0.25, 0.3) is 10.0 Å². The van der Waals surface area contributed by atoms with Crippen LogP contribution in [-0.4, -0.2) is 17.4 Å². The molecule has 0 spiro atoms. The van der Waals surface area contributed by atoms with Gasteiger partial charge in [-0.3, -0.25) is 0 Å². The topological polar surface area (TPSA) is 52.0 Å². The second kappa shape index (κ2) is 5.22. The molecule has 0 aliphatic carbocycles. The Morgan fingerprint density at radius 1 is 1.14 bits per heavy atom. The van der Waals surface area contributed by atoms with Gasteiger partial charge in [0.15, 0.2) is 16.6 Å². The fourth-order valence-electron chi connectivity index (χ4n) is 2.06. The molecule has 3 rings (SSSR count). The highest BCUT2D eigenvalue weighted by Crippen LogP contribution is 2.31. The van der Waals surface area contributed by atoms with Crippen molar-refractivity contribution >= 4 is 44.3 Å². The summed E-state index contributed by atoms with van der Waals surface area (Å²) in [7, 11) is -3.87. The Balaban J connectivity index is 2.28. The van der Waals surface area contributed by atoms with Gasteiger partial charge in [-0.1, -0.05) is 40.9 Å². The van der Waals surface area contributed by atoms with Crippen LogP contribution < -0.4 is 0 Å². The van der Waals surface area contributed by atoms with E-state index in [4.69, 9.17) is 23.2 Å². The van der Waals surface area contributed by atoms with E-state index in [0.717, 1.165) is 9.54 Å². The van der Waals surface area contributed by atoms with Gasteiger partial charge in [-0.15, -0.1) is 0 Å². The first kappa shape index (κ1) is 15.3. The van der Waals surface area contributed by atoms with Crippen molar-refractivity contribution in [3.63, 3.8) is 0 Å². The summed E-state index contributed by atoms with van der Waals surface area (Å²) in [5.74, 6) is -0.874. The normalized spacial score (nSPS) is 12.0. The third-order valence-corrected chi connectivity index (χ3v) is 5.52. The molecule has 1 aromatic carbocycles. The van der Waals surface area contributed by atoms with Gasteiger partial charge in [-0.2, -0.15) is 0 Å². The molecule has 22 heavy (non-hydrogen) atoms. The lowest BCUT2D eigenvalue weighted by atomic mass is 10.2. The first-order valence-corrected chi connectivity index (χ1v) is 8.36. The fourth-order valence-corrected chi connectivity index (χ4v) is 3.81. The maximum atomic E-state index is 13.6. The molecule has 0 amide bonds. The van der Waals surface area contributed by atoms with E-state index in [2.05, 4.69) is 4.98 Å². The van der Waals surface area contributed by atoms with Crippen LogP contribution in [0.5, 0.6) is 0 Å². The van der Waals surface area contributed by atoms with E-state index in [-0.39, 0.29) is 21.0 Å². The summed E-state index contributed by atoms with van der Waals surface area (Å²) in [6, 6.07) is 7.74. The van der Waals surface area contributed by atoms with Crippen LogP contribution in [0.3, 0.4) is 0 Å². The predicted molar refractivity (Wildman–Crippen MR) is 83.5 cm³/mol. The van der Waals surface area contributed by atoms with E-state index < -0.39 is 21.0 Å². The number of fused-ring (bicyclic) bond motifs is 1. The molecule has 8 heteroatoms. The predicted octanol–water partition coefficient (Wildman–Crippen LogP) is 4.03. The number of aryl methyl sites for hydroxylation is 1. The summed E-state index contributed by atoms with van der Waals surface area (Å²) in [5, 5.41) is -0.552. The molecule has 0 radical (unpaired) electrons. The first-order valence-electron chi connectivity index (χ1n) is 6.16. The number of pyridine rings is 1. The smallest absolute Gasteiger partial charge is 0.224 e. The Morgan fingerprint density at radius 3 is 2.41 bits per heavy atom. The summed E-state index contributed by atoms with van der Waals surface area (Å²) in [6.45, 7) is 1.85. The fraction of sp³-hybridized carbons (Fsp3) is 0.0714. The summed E-state index contributed by atoms with van der Waals surface area (Å²) >= 11 is 11.5. The number of halogens is 3. The van der Waals surface area contributed by atoms with E-state index in [1.165, 1.54) is 24.4 Å². The number of aromatic nitrogens is 2. The van der Waals surface area contributed by atoms with E-state index in [0.29, 0.717) is 0 Å². The SMILES string of the molecule is Cc1ccc(S(=O)(=O)n2ccc3c(Cl)c(F)c(Cl)nc32)cc1. The number of rotatable bonds is 2. The van der Waals surface area contributed by atoms with Gasteiger partial charge in [0, 0.05) is 11.6 Å². The maximum Gasteiger partial charge on any atom is 0.269 e. The van der Waals surface area contributed by atoms with Crippen molar-refractivity contribution in [2.75, 3.05) is 0 Å². The standard InChI is InChI=1S/C14H9Cl2FN2O2S/c1-8-2-4-9(5-3-8)22(20,21)19-7-6-10-11(15)12(17)13(16)18-14(10)19/h2-7H,1H3. The lowest BCUT2D eigenvalue weighted by Gasteiger charge is -2.08. The molecule has 114 valence electrons. The molecule has 0 saturated carbocycles. The van der Waals surface area contributed by atoms with Crippen LogP contribution in [0.15, 0.2) is 41.4 Å². The highest BCUT2D eigenvalue weighted by Gasteiger charge is 2.22. The van der Waals surface area contributed by atoms with Crippen LogP contribution in [0, 0.1) is 12.7 Å². The average Bonchev–Trinajstić information content (AvgIpc) is 2.90. The molecule has 0 aliphatic heterocycles. The number of benzene rings is 1. The van der Waals surface area contributed by atoms with Crippen molar-refractivity contribution in [2.24, 2.45) is 0 Å². The third kappa shape index (κ3) is 2.27. The molecule has 2 aromatic heterocycles. The number of hydrogen-bond donors (Lipinski definition) is 0. The molecular formula is C14H9Cl2FN2O2S. The molecule has 0 unspecified atom stereocenters. The van der Waals surface area contributed by atoms with E-state index in [1.807, 2.05) is 6.92 Å². The number of nitrogens with zero attached hydrogens (tertiary/aromatic N) is 2. The van der Waals surface area contributed by atoms with Crippen molar-refractivity contribution in [2.45, 2.75) is 11.8 Å². The quantitative estimate of drug-likeness (QED) is 0.650. The highest BCUT2D eigenvalue weighted by molar-refractivity contribution is 7.90. The Labute approximate surface area is 136 Å². The van der Waals surface area contributed by atoms with E-state index in [9.17, 15) is 12.8 Å². The van der Waals surface area contributed by atoms with Crippen molar-refractivity contribution in [3.05, 3.63) is 58.1 Å². The van der Waals surface area contributed by atoms with Crippen molar-refractivity contribution in [3.8, 4) is 0 Å². The van der Waals surface area contributed by atoms with Crippen LogP contribution in [0.4, 0.5) is 4.39 Å². The zero-order chi connectivity index (χ0) is 16.1. The molecule has 2 heterocycles. The monoisotopic (exact) mass is 358 g/mol. The minimum Gasteiger partial charge on any atom is -0.224 e. The maximum absolute atomic E-state index is 13.6.